The van der Waals surface area contributed by atoms with Crippen molar-refractivity contribution in [2.45, 2.75) is 26.3 Å². The van der Waals surface area contributed by atoms with E-state index in [-0.39, 0.29) is 5.91 Å². The average molecular weight is 227 g/mol. The first-order valence-corrected chi connectivity index (χ1v) is 6.00. The van der Waals surface area contributed by atoms with Crippen molar-refractivity contribution in [1.29, 1.82) is 0 Å². The zero-order chi connectivity index (χ0) is 11.1. The van der Waals surface area contributed by atoms with Gasteiger partial charge in [-0.25, -0.2) is 4.98 Å². The molecule has 0 fully saturated rings. The van der Waals surface area contributed by atoms with Crippen LogP contribution in [0.1, 0.15) is 25.5 Å². The monoisotopic (exact) mass is 227 g/mol. The second-order valence-electron chi connectivity index (χ2n) is 3.64. The van der Waals surface area contributed by atoms with Gasteiger partial charge in [-0.15, -0.1) is 11.3 Å². The normalized spacial score (nSPS) is 12.4. The first kappa shape index (κ1) is 12.1. The van der Waals surface area contributed by atoms with Crippen LogP contribution < -0.4 is 11.1 Å². The summed E-state index contributed by atoms with van der Waals surface area (Å²) in [5, 5.41) is 4.76. The fraction of sp³-hybridized carbons (Fsp3) is 0.600. The quantitative estimate of drug-likeness (QED) is 0.765. The molecule has 15 heavy (non-hydrogen) atoms. The van der Waals surface area contributed by atoms with E-state index in [0.717, 1.165) is 12.1 Å². The standard InChI is InChI=1S/C10H17N3OS/c1-8(4-11)2-3-10(14)12-5-9-6-15-7-13-9/h6-8H,2-5,11H2,1H3,(H,12,14). The summed E-state index contributed by atoms with van der Waals surface area (Å²) < 4.78 is 0. The van der Waals surface area contributed by atoms with Crippen molar-refractivity contribution in [2.24, 2.45) is 11.7 Å². The van der Waals surface area contributed by atoms with Crippen LogP contribution in [0.15, 0.2) is 10.9 Å². The van der Waals surface area contributed by atoms with E-state index in [1.165, 1.54) is 11.3 Å². The Balaban J connectivity index is 2.14. The smallest absolute Gasteiger partial charge is 0.220 e. The zero-order valence-electron chi connectivity index (χ0n) is 8.90. The number of nitrogens with zero attached hydrogens (tertiary/aromatic N) is 1. The molecule has 0 aromatic carbocycles. The summed E-state index contributed by atoms with van der Waals surface area (Å²) in [6.07, 6.45) is 1.39. The van der Waals surface area contributed by atoms with E-state index in [1.54, 1.807) is 5.51 Å². The Hall–Kier alpha value is -0.940. The molecule has 1 aromatic rings. The molecule has 1 rings (SSSR count). The fourth-order valence-corrected chi connectivity index (χ4v) is 1.66. The number of nitrogens with two attached hydrogens (primary N) is 1. The van der Waals surface area contributed by atoms with E-state index < -0.39 is 0 Å². The van der Waals surface area contributed by atoms with E-state index in [2.05, 4.69) is 10.3 Å². The Kier molecular flexibility index (Phi) is 5.28. The lowest BCUT2D eigenvalue weighted by Gasteiger charge is -2.07. The molecule has 1 aromatic heterocycles. The molecule has 4 nitrogen and oxygen atoms in total. The Morgan fingerprint density at radius 2 is 2.53 bits per heavy atom. The van der Waals surface area contributed by atoms with Crippen molar-refractivity contribution < 1.29 is 4.79 Å². The van der Waals surface area contributed by atoms with Gasteiger partial charge in [0.1, 0.15) is 0 Å². The highest BCUT2D eigenvalue weighted by molar-refractivity contribution is 7.07. The van der Waals surface area contributed by atoms with E-state index in [1.807, 2.05) is 12.3 Å². The maximum atomic E-state index is 11.4. The number of hydrogen-bond donors (Lipinski definition) is 2. The number of rotatable bonds is 6. The minimum Gasteiger partial charge on any atom is -0.350 e. The maximum absolute atomic E-state index is 11.4. The minimum atomic E-state index is 0.0725. The average Bonchev–Trinajstić information content (AvgIpc) is 2.75. The topological polar surface area (TPSA) is 68.0 Å². The summed E-state index contributed by atoms with van der Waals surface area (Å²) in [5.41, 5.74) is 8.15. The van der Waals surface area contributed by atoms with Gasteiger partial charge in [0, 0.05) is 11.8 Å². The Labute approximate surface area is 93.9 Å². The van der Waals surface area contributed by atoms with E-state index >= 15 is 0 Å². The van der Waals surface area contributed by atoms with Crippen molar-refractivity contribution in [2.75, 3.05) is 6.54 Å². The number of nitrogens with one attached hydrogen (secondary N) is 1. The van der Waals surface area contributed by atoms with Crippen LogP contribution in [0.3, 0.4) is 0 Å². The Morgan fingerprint density at radius 1 is 1.73 bits per heavy atom. The number of hydrogen-bond acceptors (Lipinski definition) is 4. The van der Waals surface area contributed by atoms with Crippen molar-refractivity contribution in [3.8, 4) is 0 Å². The van der Waals surface area contributed by atoms with E-state index in [0.29, 0.717) is 25.4 Å². The molecule has 1 atom stereocenters. The molecule has 0 bridgehead atoms. The van der Waals surface area contributed by atoms with Crippen molar-refractivity contribution >= 4 is 17.2 Å². The van der Waals surface area contributed by atoms with Crippen LogP contribution in [-0.4, -0.2) is 17.4 Å². The lowest BCUT2D eigenvalue weighted by molar-refractivity contribution is -0.121. The van der Waals surface area contributed by atoms with Crippen LogP contribution in [0.2, 0.25) is 0 Å². The fourth-order valence-electron chi connectivity index (χ4n) is 1.10. The number of carbonyl (C=O) groups is 1. The molecule has 0 saturated carbocycles. The summed E-state index contributed by atoms with van der Waals surface area (Å²) >= 11 is 1.53. The second kappa shape index (κ2) is 6.53. The van der Waals surface area contributed by atoms with E-state index in [9.17, 15) is 4.79 Å². The van der Waals surface area contributed by atoms with Crippen molar-refractivity contribution in [3.63, 3.8) is 0 Å². The van der Waals surface area contributed by atoms with Gasteiger partial charge in [0.15, 0.2) is 0 Å². The maximum Gasteiger partial charge on any atom is 0.220 e. The number of aromatic nitrogens is 1. The lowest BCUT2D eigenvalue weighted by atomic mass is 10.1. The summed E-state index contributed by atoms with van der Waals surface area (Å²) in [6.45, 7) is 3.21. The molecule has 0 saturated heterocycles. The molecule has 3 N–H and O–H groups in total. The molecule has 0 aliphatic heterocycles. The van der Waals surface area contributed by atoms with Gasteiger partial charge in [-0.05, 0) is 18.9 Å². The highest BCUT2D eigenvalue weighted by Gasteiger charge is 2.05. The SMILES string of the molecule is CC(CN)CCC(=O)NCc1cscn1. The van der Waals surface area contributed by atoms with Crippen LogP contribution in [0, 0.1) is 5.92 Å². The van der Waals surface area contributed by atoms with Gasteiger partial charge >= 0.3 is 0 Å². The van der Waals surface area contributed by atoms with Gasteiger partial charge in [-0.1, -0.05) is 6.92 Å². The van der Waals surface area contributed by atoms with Crippen molar-refractivity contribution in [1.82, 2.24) is 10.3 Å². The van der Waals surface area contributed by atoms with Crippen LogP contribution in [0.25, 0.3) is 0 Å². The molecule has 0 radical (unpaired) electrons. The lowest BCUT2D eigenvalue weighted by Crippen LogP contribution is -2.24. The van der Waals surface area contributed by atoms with Gasteiger partial charge in [-0.2, -0.15) is 0 Å². The van der Waals surface area contributed by atoms with Crippen LogP contribution in [0.5, 0.6) is 0 Å². The number of amides is 1. The summed E-state index contributed by atoms with van der Waals surface area (Å²) in [4.78, 5) is 15.5. The summed E-state index contributed by atoms with van der Waals surface area (Å²) in [7, 11) is 0. The molecule has 0 aliphatic carbocycles. The molecule has 5 heteroatoms. The minimum absolute atomic E-state index is 0.0725. The predicted molar refractivity (Wildman–Crippen MR) is 61.4 cm³/mol. The molecular weight excluding hydrogens is 210 g/mol. The van der Waals surface area contributed by atoms with Crippen LogP contribution >= 0.6 is 11.3 Å². The third-order valence-corrected chi connectivity index (χ3v) is 2.85. The molecule has 84 valence electrons. The van der Waals surface area contributed by atoms with Crippen LogP contribution in [0.4, 0.5) is 0 Å². The van der Waals surface area contributed by atoms with Gasteiger partial charge < -0.3 is 11.1 Å². The molecule has 1 amide bonds. The van der Waals surface area contributed by atoms with Crippen molar-refractivity contribution in [3.05, 3.63) is 16.6 Å². The number of thiazole rings is 1. The zero-order valence-corrected chi connectivity index (χ0v) is 9.72. The summed E-state index contributed by atoms with van der Waals surface area (Å²) in [6, 6.07) is 0. The molecule has 0 spiro atoms. The van der Waals surface area contributed by atoms with Gasteiger partial charge in [0.25, 0.3) is 0 Å². The Bertz CT molecular complexity index is 287. The largest absolute Gasteiger partial charge is 0.350 e. The van der Waals surface area contributed by atoms with E-state index in [4.69, 9.17) is 5.73 Å². The Morgan fingerprint density at radius 3 is 3.13 bits per heavy atom. The van der Waals surface area contributed by atoms with Crippen LogP contribution in [-0.2, 0) is 11.3 Å². The predicted octanol–water partition coefficient (Wildman–Crippen LogP) is 1.13. The molecule has 1 unspecified atom stereocenters. The molecule has 0 aliphatic rings. The van der Waals surface area contributed by atoms with Gasteiger partial charge in [0.05, 0.1) is 17.7 Å². The third kappa shape index (κ3) is 4.90. The van der Waals surface area contributed by atoms with Gasteiger partial charge in [0.2, 0.25) is 5.91 Å². The third-order valence-electron chi connectivity index (χ3n) is 2.22. The molecular formula is C10H17N3OS. The highest BCUT2D eigenvalue weighted by atomic mass is 32.1. The number of carbonyl (C=O) groups excluding carboxylic acids is 1. The second-order valence-corrected chi connectivity index (χ2v) is 4.35. The molecule has 1 heterocycles. The summed E-state index contributed by atoms with van der Waals surface area (Å²) in [5.74, 6) is 0.485. The first-order chi connectivity index (χ1) is 7.22. The van der Waals surface area contributed by atoms with Gasteiger partial charge in [-0.3, -0.25) is 4.79 Å². The first-order valence-electron chi connectivity index (χ1n) is 5.06. The highest BCUT2D eigenvalue weighted by Crippen LogP contribution is 2.04.